The first-order valence-corrected chi connectivity index (χ1v) is 10.7. The fourth-order valence-corrected chi connectivity index (χ4v) is 4.65. The number of fused-ring (bicyclic) bond motifs is 1. The number of likely N-dealkylation sites (tertiary alicyclic amines) is 1. The molecule has 0 unspecified atom stereocenters. The Balaban J connectivity index is 1.70. The lowest BCUT2D eigenvalue weighted by Crippen LogP contribution is -2.36. The zero-order valence-electron chi connectivity index (χ0n) is 18.2. The molecule has 3 aromatic rings. The maximum Gasteiger partial charge on any atom is 0.219 e. The Bertz CT molecular complexity index is 1060. The Kier molecular flexibility index (Phi) is 5.71. The normalized spacial score (nSPS) is 14.9. The molecule has 5 heteroatoms. The van der Waals surface area contributed by atoms with E-state index in [1.807, 2.05) is 17.0 Å². The van der Waals surface area contributed by atoms with Crippen LogP contribution in [0.2, 0.25) is 0 Å². The lowest BCUT2D eigenvalue weighted by Gasteiger charge is -2.31. The summed E-state index contributed by atoms with van der Waals surface area (Å²) in [6, 6.07) is 12.8. The third-order valence-corrected chi connectivity index (χ3v) is 6.37. The highest BCUT2D eigenvalue weighted by Gasteiger charge is 2.23. The molecule has 0 radical (unpaired) electrons. The average molecular weight is 407 g/mol. The first-order valence-electron chi connectivity index (χ1n) is 10.7. The van der Waals surface area contributed by atoms with E-state index in [2.05, 4.69) is 36.2 Å². The van der Waals surface area contributed by atoms with Gasteiger partial charge in [-0.15, -0.1) is 0 Å². The number of methoxy groups -OCH3 is 2. The van der Waals surface area contributed by atoms with E-state index in [4.69, 9.17) is 9.47 Å². The molecule has 2 heterocycles. The number of carbonyl (C=O) groups is 1. The predicted octanol–water partition coefficient (Wildman–Crippen LogP) is 5.14. The number of hydrogen-bond donors (Lipinski definition) is 1. The molecule has 1 amide bonds. The monoisotopic (exact) mass is 406 g/mol. The van der Waals surface area contributed by atoms with Crippen molar-refractivity contribution >= 4 is 16.8 Å². The van der Waals surface area contributed by atoms with Gasteiger partial charge in [0.1, 0.15) is 0 Å². The fraction of sp³-hybridized carbons (Fsp3) is 0.400. The van der Waals surface area contributed by atoms with Crippen LogP contribution in [0.4, 0.5) is 0 Å². The molecule has 5 nitrogen and oxygen atoms in total. The number of aryl methyl sites for hydroxylation is 1. The molecule has 1 fully saturated rings. The highest BCUT2D eigenvalue weighted by atomic mass is 16.5. The van der Waals surface area contributed by atoms with Crippen molar-refractivity contribution in [3.8, 4) is 22.8 Å². The topological polar surface area (TPSA) is 54.6 Å². The minimum atomic E-state index is 0.183. The van der Waals surface area contributed by atoms with Crippen molar-refractivity contribution in [1.82, 2.24) is 9.88 Å². The minimum Gasteiger partial charge on any atom is -0.493 e. The van der Waals surface area contributed by atoms with Gasteiger partial charge >= 0.3 is 0 Å². The summed E-state index contributed by atoms with van der Waals surface area (Å²) in [4.78, 5) is 17.2. The van der Waals surface area contributed by atoms with Crippen LogP contribution in [-0.2, 0) is 11.2 Å². The summed E-state index contributed by atoms with van der Waals surface area (Å²) in [5.41, 5.74) is 6.08. The van der Waals surface area contributed by atoms with Gasteiger partial charge in [0.15, 0.2) is 11.5 Å². The molecule has 1 aromatic heterocycles. The fourth-order valence-electron chi connectivity index (χ4n) is 4.65. The smallest absolute Gasteiger partial charge is 0.219 e. The number of benzene rings is 2. The minimum absolute atomic E-state index is 0.183. The molecule has 0 spiro atoms. The maximum absolute atomic E-state index is 11.6. The van der Waals surface area contributed by atoms with E-state index in [0.717, 1.165) is 60.6 Å². The number of ether oxygens (including phenoxy) is 2. The lowest BCUT2D eigenvalue weighted by atomic mass is 9.88. The Morgan fingerprint density at radius 1 is 1.07 bits per heavy atom. The van der Waals surface area contributed by atoms with Crippen molar-refractivity contribution in [2.75, 3.05) is 27.3 Å². The van der Waals surface area contributed by atoms with Crippen LogP contribution in [0.5, 0.6) is 11.5 Å². The predicted molar refractivity (Wildman–Crippen MR) is 120 cm³/mol. The molecule has 1 aliphatic heterocycles. The van der Waals surface area contributed by atoms with Gasteiger partial charge in [-0.2, -0.15) is 0 Å². The third kappa shape index (κ3) is 3.64. The standard InChI is InChI=1S/C25H30N2O3/c1-5-20-21-14-18(17-10-12-27(13-11-17)16(2)28)6-8-22(21)26-25(20)19-7-9-23(29-3)24(15-19)30-4/h6-9,14-15,17,26H,5,10-13H2,1-4H3. The number of H-pyrrole nitrogens is 1. The number of nitrogens with one attached hydrogen (secondary N) is 1. The lowest BCUT2D eigenvalue weighted by molar-refractivity contribution is -0.129. The van der Waals surface area contributed by atoms with Crippen LogP contribution in [0.25, 0.3) is 22.2 Å². The molecule has 0 atom stereocenters. The molecule has 0 saturated carbocycles. The zero-order chi connectivity index (χ0) is 21.3. The van der Waals surface area contributed by atoms with Crippen LogP contribution in [-0.4, -0.2) is 43.1 Å². The van der Waals surface area contributed by atoms with E-state index >= 15 is 0 Å². The maximum atomic E-state index is 11.6. The number of nitrogens with zero attached hydrogens (tertiary/aromatic N) is 1. The molecule has 158 valence electrons. The Morgan fingerprint density at radius 2 is 1.80 bits per heavy atom. The van der Waals surface area contributed by atoms with E-state index in [0.29, 0.717) is 5.92 Å². The second-order valence-electron chi connectivity index (χ2n) is 7.99. The van der Waals surface area contributed by atoms with Crippen LogP contribution >= 0.6 is 0 Å². The number of rotatable bonds is 5. The van der Waals surface area contributed by atoms with Gasteiger partial charge in [0.2, 0.25) is 5.91 Å². The third-order valence-electron chi connectivity index (χ3n) is 6.37. The van der Waals surface area contributed by atoms with E-state index in [1.54, 1.807) is 21.1 Å². The number of carbonyl (C=O) groups excluding carboxylic acids is 1. The van der Waals surface area contributed by atoms with Gasteiger partial charge in [-0.1, -0.05) is 13.0 Å². The van der Waals surface area contributed by atoms with Crippen molar-refractivity contribution in [3.05, 3.63) is 47.5 Å². The van der Waals surface area contributed by atoms with E-state index in [1.165, 1.54) is 16.5 Å². The van der Waals surface area contributed by atoms with Crippen molar-refractivity contribution in [1.29, 1.82) is 0 Å². The molecular weight excluding hydrogens is 376 g/mol. The summed E-state index contributed by atoms with van der Waals surface area (Å²) in [5.74, 6) is 2.15. The molecule has 1 N–H and O–H groups in total. The SMILES string of the molecule is CCc1c(-c2ccc(OC)c(OC)c2)[nH]c2ccc(C3CCN(C(C)=O)CC3)cc12. The first-order chi connectivity index (χ1) is 14.5. The molecule has 30 heavy (non-hydrogen) atoms. The van der Waals surface area contributed by atoms with Crippen LogP contribution in [0, 0.1) is 0 Å². The largest absolute Gasteiger partial charge is 0.493 e. The van der Waals surface area contributed by atoms with Crippen LogP contribution in [0.1, 0.15) is 43.7 Å². The van der Waals surface area contributed by atoms with Gasteiger partial charge in [-0.25, -0.2) is 0 Å². The first kappa shape index (κ1) is 20.3. The summed E-state index contributed by atoms with van der Waals surface area (Å²) >= 11 is 0. The molecule has 2 aromatic carbocycles. The number of aromatic amines is 1. The molecule has 4 rings (SSSR count). The average Bonchev–Trinajstić information content (AvgIpc) is 3.16. The van der Waals surface area contributed by atoms with Gasteiger partial charge < -0.3 is 19.4 Å². The van der Waals surface area contributed by atoms with Crippen molar-refractivity contribution < 1.29 is 14.3 Å². The van der Waals surface area contributed by atoms with Crippen molar-refractivity contribution in [2.24, 2.45) is 0 Å². The van der Waals surface area contributed by atoms with E-state index in [-0.39, 0.29) is 5.91 Å². The summed E-state index contributed by atoms with van der Waals surface area (Å²) in [7, 11) is 3.32. The number of piperidine rings is 1. The second kappa shape index (κ2) is 8.42. The van der Waals surface area contributed by atoms with Crippen molar-refractivity contribution in [2.45, 2.75) is 39.0 Å². The zero-order valence-corrected chi connectivity index (χ0v) is 18.2. The highest BCUT2D eigenvalue weighted by Crippen LogP contribution is 2.38. The Labute approximate surface area is 178 Å². The number of aromatic nitrogens is 1. The van der Waals surface area contributed by atoms with Gasteiger partial charge in [0.05, 0.1) is 14.2 Å². The van der Waals surface area contributed by atoms with Crippen LogP contribution in [0.3, 0.4) is 0 Å². The van der Waals surface area contributed by atoms with Crippen LogP contribution < -0.4 is 9.47 Å². The van der Waals surface area contributed by atoms with E-state index in [9.17, 15) is 4.79 Å². The molecule has 1 saturated heterocycles. The second-order valence-corrected chi connectivity index (χ2v) is 7.99. The van der Waals surface area contributed by atoms with Crippen LogP contribution in [0.15, 0.2) is 36.4 Å². The molecule has 1 aliphatic rings. The molecular formula is C25H30N2O3. The number of hydrogen-bond acceptors (Lipinski definition) is 3. The quantitative estimate of drug-likeness (QED) is 0.638. The Hall–Kier alpha value is -2.95. The summed E-state index contributed by atoms with van der Waals surface area (Å²) in [5, 5.41) is 1.29. The Morgan fingerprint density at radius 3 is 2.43 bits per heavy atom. The van der Waals surface area contributed by atoms with Gasteiger partial charge in [-0.05, 0) is 66.6 Å². The molecule has 0 bridgehead atoms. The summed E-state index contributed by atoms with van der Waals surface area (Å²) in [6.07, 6.45) is 2.99. The number of amides is 1. The highest BCUT2D eigenvalue weighted by molar-refractivity contribution is 5.91. The van der Waals surface area contributed by atoms with Crippen molar-refractivity contribution in [3.63, 3.8) is 0 Å². The van der Waals surface area contributed by atoms with Gasteiger partial charge in [0, 0.05) is 42.2 Å². The van der Waals surface area contributed by atoms with E-state index < -0.39 is 0 Å². The van der Waals surface area contributed by atoms with Gasteiger partial charge in [-0.3, -0.25) is 4.79 Å². The summed E-state index contributed by atoms with van der Waals surface area (Å²) < 4.78 is 10.9. The van der Waals surface area contributed by atoms with Gasteiger partial charge in [0.25, 0.3) is 0 Å². The molecule has 0 aliphatic carbocycles. The summed E-state index contributed by atoms with van der Waals surface area (Å²) in [6.45, 7) is 5.56.